The molecule has 0 aliphatic heterocycles. The summed E-state index contributed by atoms with van der Waals surface area (Å²) < 4.78 is 0. The second-order valence-electron chi connectivity index (χ2n) is 5.04. The van der Waals surface area contributed by atoms with Crippen LogP contribution < -0.4 is 5.56 Å². The zero-order valence-electron chi connectivity index (χ0n) is 11.4. The molecule has 20 heavy (non-hydrogen) atoms. The number of nitrogens with one attached hydrogen (secondary N) is 1. The molecule has 0 spiro atoms. The van der Waals surface area contributed by atoms with E-state index in [1.165, 1.54) is 0 Å². The number of rotatable bonds is 3. The predicted molar refractivity (Wildman–Crippen MR) is 81.4 cm³/mol. The van der Waals surface area contributed by atoms with Crippen molar-refractivity contribution in [1.29, 1.82) is 0 Å². The minimum Gasteiger partial charge on any atom is -0.310 e. The van der Waals surface area contributed by atoms with Gasteiger partial charge >= 0.3 is 0 Å². The van der Waals surface area contributed by atoms with Crippen LogP contribution in [-0.4, -0.2) is 15.0 Å². The van der Waals surface area contributed by atoms with Gasteiger partial charge in [0.1, 0.15) is 5.82 Å². The molecule has 0 atom stereocenters. The lowest BCUT2D eigenvalue weighted by molar-refractivity contribution is 0.836. The van der Waals surface area contributed by atoms with E-state index in [0.717, 1.165) is 16.2 Å². The van der Waals surface area contributed by atoms with Crippen molar-refractivity contribution in [3.8, 4) is 0 Å². The molecule has 5 heteroatoms. The van der Waals surface area contributed by atoms with E-state index >= 15 is 0 Å². The van der Waals surface area contributed by atoms with Crippen molar-refractivity contribution in [2.45, 2.75) is 26.2 Å². The van der Waals surface area contributed by atoms with E-state index in [1.54, 1.807) is 17.4 Å². The molecule has 0 fully saturated rings. The van der Waals surface area contributed by atoms with E-state index in [2.05, 4.69) is 28.8 Å². The Kier molecular flexibility index (Phi) is 3.36. The Morgan fingerprint density at radius 2 is 2.05 bits per heavy atom. The van der Waals surface area contributed by atoms with Crippen molar-refractivity contribution in [3.63, 3.8) is 0 Å². The molecule has 0 saturated carbocycles. The topological polar surface area (TPSA) is 58.6 Å². The van der Waals surface area contributed by atoms with Gasteiger partial charge in [0.25, 0.3) is 5.56 Å². The molecule has 0 saturated heterocycles. The molecule has 0 bridgehead atoms. The molecule has 3 aromatic rings. The average molecular weight is 285 g/mol. The van der Waals surface area contributed by atoms with Gasteiger partial charge < -0.3 is 4.98 Å². The van der Waals surface area contributed by atoms with Gasteiger partial charge in [0, 0.05) is 17.7 Å². The number of para-hydroxylation sites is 1. The molecule has 1 aromatic carbocycles. The third-order valence-corrected chi connectivity index (χ3v) is 4.27. The van der Waals surface area contributed by atoms with Crippen LogP contribution in [0.1, 0.15) is 36.3 Å². The molecule has 2 heterocycles. The zero-order valence-corrected chi connectivity index (χ0v) is 12.2. The number of hydrogen-bond donors (Lipinski definition) is 1. The highest BCUT2D eigenvalue weighted by molar-refractivity contribution is 7.09. The van der Waals surface area contributed by atoms with E-state index in [9.17, 15) is 4.79 Å². The van der Waals surface area contributed by atoms with Crippen molar-refractivity contribution >= 4 is 22.2 Å². The van der Waals surface area contributed by atoms with Crippen molar-refractivity contribution in [3.05, 3.63) is 56.5 Å². The summed E-state index contributed by atoms with van der Waals surface area (Å²) >= 11 is 1.65. The van der Waals surface area contributed by atoms with Gasteiger partial charge in [-0.25, -0.2) is 9.97 Å². The number of fused-ring (bicyclic) bond motifs is 1. The van der Waals surface area contributed by atoms with E-state index < -0.39 is 0 Å². The van der Waals surface area contributed by atoms with E-state index in [-0.39, 0.29) is 5.56 Å². The van der Waals surface area contributed by atoms with Gasteiger partial charge in [-0.1, -0.05) is 26.0 Å². The summed E-state index contributed by atoms with van der Waals surface area (Å²) in [7, 11) is 0. The molecule has 1 N–H and O–H groups in total. The fourth-order valence-corrected chi connectivity index (χ4v) is 2.89. The predicted octanol–water partition coefficient (Wildman–Crippen LogP) is 3.09. The number of aromatic nitrogens is 3. The van der Waals surface area contributed by atoms with Gasteiger partial charge in [-0.3, -0.25) is 4.79 Å². The maximum Gasteiger partial charge on any atom is 0.258 e. The number of thiazole rings is 1. The quantitative estimate of drug-likeness (QED) is 0.804. The Labute approximate surface area is 120 Å². The SMILES string of the molecule is CC(C)c1nc(Cc2nc3ccccc3c(=O)[nH]2)cs1. The van der Waals surface area contributed by atoms with Crippen molar-refractivity contribution in [2.24, 2.45) is 0 Å². The summed E-state index contributed by atoms with van der Waals surface area (Å²) in [6.07, 6.45) is 0.559. The Morgan fingerprint density at radius 1 is 1.25 bits per heavy atom. The summed E-state index contributed by atoms with van der Waals surface area (Å²) in [6, 6.07) is 7.37. The molecule has 2 aromatic heterocycles. The van der Waals surface area contributed by atoms with Crippen molar-refractivity contribution in [1.82, 2.24) is 15.0 Å². The Bertz CT molecular complexity index is 804. The maximum absolute atomic E-state index is 12.0. The fraction of sp³-hybridized carbons (Fsp3) is 0.267. The standard InChI is InChI=1S/C15H15N3OS/c1-9(2)15-16-10(8-20-15)7-13-17-12-6-4-3-5-11(12)14(19)18-13/h3-6,8-9H,7H2,1-2H3,(H,17,18,19). The average Bonchev–Trinajstić information content (AvgIpc) is 2.87. The minimum atomic E-state index is -0.0927. The van der Waals surface area contributed by atoms with Crippen LogP contribution in [0.15, 0.2) is 34.4 Å². The molecular weight excluding hydrogens is 270 g/mol. The van der Waals surface area contributed by atoms with Crippen LogP contribution in [0, 0.1) is 0 Å². The minimum absolute atomic E-state index is 0.0927. The molecule has 0 amide bonds. The molecule has 0 aliphatic carbocycles. The highest BCUT2D eigenvalue weighted by Crippen LogP contribution is 2.20. The van der Waals surface area contributed by atoms with Crippen molar-refractivity contribution in [2.75, 3.05) is 0 Å². The molecule has 0 unspecified atom stereocenters. The van der Waals surface area contributed by atoms with Crippen molar-refractivity contribution < 1.29 is 0 Å². The largest absolute Gasteiger partial charge is 0.310 e. The van der Waals surface area contributed by atoms with Crippen LogP contribution in [0.3, 0.4) is 0 Å². The number of hydrogen-bond acceptors (Lipinski definition) is 4. The Balaban J connectivity index is 1.96. The molecular formula is C15H15N3OS. The summed E-state index contributed by atoms with van der Waals surface area (Å²) in [5.74, 6) is 1.09. The zero-order chi connectivity index (χ0) is 14.1. The fourth-order valence-electron chi connectivity index (χ4n) is 2.06. The van der Waals surface area contributed by atoms with Gasteiger partial charge in [-0.2, -0.15) is 0 Å². The van der Waals surface area contributed by atoms with Gasteiger partial charge in [-0.15, -0.1) is 11.3 Å². The highest BCUT2D eigenvalue weighted by Gasteiger charge is 2.09. The lowest BCUT2D eigenvalue weighted by Crippen LogP contribution is -2.12. The van der Waals surface area contributed by atoms with Gasteiger partial charge in [0.05, 0.1) is 21.6 Å². The second kappa shape index (κ2) is 5.17. The second-order valence-corrected chi connectivity index (χ2v) is 5.93. The van der Waals surface area contributed by atoms with Crippen LogP contribution in [0.5, 0.6) is 0 Å². The molecule has 102 valence electrons. The third kappa shape index (κ3) is 2.49. The van der Waals surface area contributed by atoms with Gasteiger partial charge in [-0.05, 0) is 12.1 Å². The van der Waals surface area contributed by atoms with E-state index in [4.69, 9.17) is 0 Å². The number of benzene rings is 1. The summed E-state index contributed by atoms with van der Waals surface area (Å²) in [4.78, 5) is 23.9. The summed E-state index contributed by atoms with van der Waals surface area (Å²) in [6.45, 7) is 4.25. The van der Waals surface area contributed by atoms with Crippen LogP contribution in [-0.2, 0) is 6.42 Å². The monoisotopic (exact) mass is 285 g/mol. The smallest absolute Gasteiger partial charge is 0.258 e. The first kappa shape index (κ1) is 13.0. The number of nitrogens with zero attached hydrogens (tertiary/aromatic N) is 2. The van der Waals surface area contributed by atoms with Gasteiger partial charge in [0.2, 0.25) is 0 Å². The molecule has 3 rings (SSSR count). The number of H-pyrrole nitrogens is 1. The van der Waals surface area contributed by atoms with E-state index in [0.29, 0.717) is 23.5 Å². The van der Waals surface area contributed by atoms with Gasteiger partial charge in [0.15, 0.2) is 0 Å². The van der Waals surface area contributed by atoms with Crippen LogP contribution >= 0.6 is 11.3 Å². The first-order valence-corrected chi connectivity index (χ1v) is 7.43. The highest BCUT2D eigenvalue weighted by atomic mass is 32.1. The molecule has 4 nitrogen and oxygen atoms in total. The maximum atomic E-state index is 12.0. The number of aromatic amines is 1. The normalized spacial score (nSPS) is 11.3. The molecule has 0 radical (unpaired) electrons. The van der Waals surface area contributed by atoms with Crippen LogP contribution in [0.4, 0.5) is 0 Å². The first-order valence-electron chi connectivity index (χ1n) is 6.55. The summed E-state index contributed by atoms with van der Waals surface area (Å²) in [5.41, 5.74) is 1.59. The Morgan fingerprint density at radius 3 is 2.80 bits per heavy atom. The lowest BCUT2D eigenvalue weighted by atomic mass is 10.2. The van der Waals surface area contributed by atoms with E-state index in [1.807, 2.05) is 23.6 Å². The molecule has 0 aliphatic rings. The lowest BCUT2D eigenvalue weighted by Gasteiger charge is -2.01. The Hall–Kier alpha value is -2.01. The van der Waals surface area contributed by atoms with Crippen LogP contribution in [0.2, 0.25) is 0 Å². The van der Waals surface area contributed by atoms with Crippen LogP contribution in [0.25, 0.3) is 10.9 Å². The first-order chi connectivity index (χ1) is 9.63. The summed E-state index contributed by atoms with van der Waals surface area (Å²) in [5, 5.41) is 3.77. The third-order valence-electron chi connectivity index (χ3n) is 3.07.